The molecule has 1 aromatic carbocycles. The standard InChI is InChI=1S/C16H20N4O4S.ClH/c17-16(5-2-6-16)15-18-14(24-19-15)12-3-1-4-13(11-12)25(21,22)20-7-9-23-10-8-20;/h1,3-4,11H,2,5-10,17H2;1H. The molecule has 2 fully saturated rings. The fourth-order valence-electron chi connectivity index (χ4n) is 3.05. The SMILES string of the molecule is Cl.NC1(c2noc(-c3cccc(S(=O)(=O)N4CCOCC4)c3)n2)CCC1. The molecule has 1 aliphatic carbocycles. The van der Waals surface area contributed by atoms with Crippen molar-refractivity contribution < 1.29 is 17.7 Å². The van der Waals surface area contributed by atoms with Crippen LogP contribution in [0.4, 0.5) is 0 Å². The summed E-state index contributed by atoms with van der Waals surface area (Å²) in [5.74, 6) is 0.765. The molecular formula is C16H21ClN4O4S. The molecular weight excluding hydrogens is 380 g/mol. The van der Waals surface area contributed by atoms with Crippen LogP contribution in [0.25, 0.3) is 11.5 Å². The van der Waals surface area contributed by atoms with Crippen molar-refractivity contribution in [1.29, 1.82) is 0 Å². The zero-order valence-electron chi connectivity index (χ0n) is 14.1. The third-order valence-corrected chi connectivity index (χ3v) is 6.70. The molecule has 8 nitrogen and oxygen atoms in total. The summed E-state index contributed by atoms with van der Waals surface area (Å²) in [5.41, 5.74) is 6.26. The van der Waals surface area contributed by atoms with E-state index in [1.54, 1.807) is 24.3 Å². The normalized spacial score (nSPS) is 20.2. The summed E-state index contributed by atoms with van der Waals surface area (Å²) in [6.07, 6.45) is 2.71. The van der Waals surface area contributed by atoms with Crippen molar-refractivity contribution in [2.45, 2.75) is 29.7 Å². The van der Waals surface area contributed by atoms with Crippen molar-refractivity contribution in [1.82, 2.24) is 14.4 Å². The number of nitrogens with two attached hydrogens (primary N) is 1. The second-order valence-electron chi connectivity index (χ2n) is 6.48. The number of rotatable bonds is 4. The maximum absolute atomic E-state index is 12.8. The Morgan fingerprint density at radius 1 is 1.19 bits per heavy atom. The lowest BCUT2D eigenvalue weighted by Gasteiger charge is -2.34. The van der Waals surface area contributed by atoms with E-state index in [9.17, 15) is 8.42 Å². The van der Waals surface area contributed by atoms with E-state index in [1.165, 1.54) is 4.31 Å². The van der Waals surface area contributed by atoms with Crippen LogP contribution in [0, 0.1) is 0 Å². The van der Waals surface area contributed by atoms with E-state index in [0.29, 0.717) is 37.7 Å². The second kappa shape index (κ2) is 7.24. The fraction of sp³-hybridized carbons (Fsp3) is 0.500. The zero-order valence-corrected chi connectivity index (χ0v) is 15.8. The van der Waals surface area contributed by atoms with Gasteiger partial charge in [-0.3, -0.25) is 0 Å². The van der Waals surface area contributed by atoms with E-state index in [2.05, 4.69) is 10.1 Å². The first-order chi connectivity index (χ1) is 12.0. The van der Waals surface area contributed by atoms with Crippen LogP contribution in [-0.2, 0) is 20.3 Å². The molecule has 0 spiro atoms. The summed E-state index contributed by atoms with van der Waals surface area (Å²) in [7, 11) is -3.57. The Morgan fingerprint density at radius 2 is 1.92 bits per heavy atom. The average Bonchev–Trinajstić information content (AvgIpc) is 3.11. The van der Waals surface area contributed by atoms with E-state index in [0.717, 1.165) is 19.3 Å². The third-order valence-electron chi connectivity index (χ3n) is 4.81. The number of morpholine rings is 1. The second-order valence-corrected chi connectivity index (χ2v) is 8.42. The highest BCUT2D eigenvalue weighted by atomic mass is 35.5. The molecule has 142 valence electrons. The van der Waals surface area contributed by atoms with Gasteiger partial charge < -0.3 is 15.0 Å². The number of aromatic nitrogens is 2. The lowest BCUT2D eigenvalue weighted by atomic mass is 9.77. The smallest absolute Gasteiger partial charge is 0.258 e. The van der Waals surface area contributed by atoms with Gasteiger partial charge in [0.15, 0.2) is 5.82 Å². The first-order valence-electron chi connectivity index (χ1n) is 8.30. The van der Waals surface area contributed by atoms with Crippen molar-refractivity contribution in [3.63, 3.8) is 0 Å². The topological polar surface area (TPSA) is 112 Å². The van der Waals surface area contributed by atoms with E-state index in [-0.39, 0.29) is 23.2 Å². The van der Waals surface area contributed by atoms with Crippen LogP contribution in [0.3, 0.4) is 0 Å². The highest BCUT2D eigenvalue weighted by Crippen LogP contribution is 2.37. The van der Waals surface area contributed by atoms with E-state index >= 15 is 0 Å². The number of hydrogen-bond acceptors (Lipinski definition) is 7. The molecule has 2 N–H and O–H groups in total. The molecule has 0 bridgehead atoms. The highest BCUT2D eigenvalue weighted by molar-refractivity contribution is 7.89. The molecule has 2 aromatic rings. The molecule has 0 amide bonds. The predicted molar refractivity (Wildman–Crippen MR) is 96.3 cm³/mol. The van der Waals surface area contributed by atoms with Crippen molar-refractivity contribution in [3.8, 4) is 11.5 Å². The predicted octanol–water partition coefficient (Wildman–Crippen LogP) is 1.52. The van der Waals surface area contributed by atoms with Crippen molar-refractivity contribution in [2.75, 3.05) is 26.3 Å². The van der Waals surface area contributed by atoms with Gasteiger partial charge in [0.05, 0.1) is 23.6 Å². The molecule has 1 saturated carbocycles. The van der Waals surface area contributed by atoms with Gasteiger partial charge in [-0.2, -0.15) is 9.29 Å². The summed E-state index contributed by atoms with van der Waals surface area (Å²) in [6, 6.07) is 6.56. The Kier molecular flexibility index (Phi) is 5.36. The van der Waals surface area contributed by atoms with Gasteiger partial charge in [0.25, 0.3) is 5.89 Å². The van der Waals surface area contributed by atoms with E-state index in [1.807, 2.05) is 0 Å². The van der Waals surface area contributed by atoms with Gasteiger partial charge in [0, 0.05) is 18.7 Å². The Bertz CT molecular complexity index is 876. The van der Waals surface area contributed by atoms with Crippen molar-refractivity contribution in [2.24, 2.45) is 5.73 Å². The molecule has 4 rings (SSSR count). The zero-order chi connectivity index (χ0) is 17.5. The van der Waals surface area contributed by atoms with Crippen LogP contribution in [0.2, 0.25) is 0 Å². The summed E-state index contributed by atoms with van der Waals surface area (Å²) in [4.78, 5) is 4.58. The number of halogens is 1. The number of nitrogens with zero attached hydrogens (tertiary/aromatic N) is 3. The Hall–Kier alpha value is -1.52. The van der Waals surface area contributed by atoms with Gasteiger partial charge in [-0.1, -0.05) is 11.2 Å². The van der Waals surface area contributed by atoms with Gasteiger partial charge in [-0.05, 0) is 37.5 Å². The van der Waals surface area contributed by atoms with Gasteiger partial charge >= 0.3 is 0 Å². The van der Waals surface area contributed by atoms with Gasteiger partial charge in [-0.25, -0.2) is 8.42 Å². The minimum absolute atomic E-state index is 0. The number of ether oxygens (including phenoxy) is 1. The molecule has 0 atom stereocenters. The summed E-state index contributed by atoms with van der Waals surface area (Å²) >= 11 is 0. The fourth-order valence-corrected chi connectivity index (χ4v) is 4.50. The number of sulfonamides is 1. The molecule has 1 saturated heterocycles. The molecule has 1 aromatic heterocycles. The third kappa shape index (κ3) is 3.37. The van der Waals surface area contributed by atoms with Crippen molar-refractivity contribution >= 4 is 22.4 Å². The largest absolute Gasteiger partial charge is 0.379 e. The van der Waals surface area contributed by atoms with E-state index < -0.39 is 15.6 Å². The van der Waals surface area contributed by atoms with Crippen molar-refractivity contribution in [3.05, 3.63) is 30.1 Å². The van der Waals surface area contributed by atoms with Crippen LogP contribution < -0.4 is 5.73 Å². The summed E-state index contributed by atoms with van der Waals surface area (Å²) in [5, 5.41) is 3.98. The van der Waals surface area contributed by atoms with Crippen LogP contribution in [0.5, 0.6) is 0 Å². The van der Waals surface area contributed by atoms with Crippen LogP contribution in [0.1, 0.15) is 25.1 Å². The van der Waals surface area contributed by atoms with Gasteiger partial charge in [0.2, 0.25) is 10.0 Å². The van der Waals surface area contributed by atoms with E-state index in [4.69, 9.17) is 15.0 Å². The first-order valence-corrected chi connectivity index (χ1v) is 9.74. The lowest BCUT2D eigenvalue weighted by Crippen LogP contribution is -2.44. The van der Waals surface area contributed by atoms with Crippen LogP contribution in [0.15, 0.2) is 33.7 Å². The van der Waals surface area contributed by atoms with Crippen LogP contribution >= 0.6 is 12.4 Å². The number of benzene rings is 1. The molecule has 2 heterocycles. The number of hydrogen-bond donors (Lipinski definition) is 1. The minimum Gasteiger partial charge on any atom is -0.379 e. The maximum atomic E-state index is 12.8. The summed E-state index contributed by atoms with van der Waals surface area (Å²) < 4.78 is 37.5. The maximum Gasteiger partial charge on any atom is 0.258 e. The van der Waals surface area contributed by atoms with Crippen LogP contribution in [-0.4, -0.2) is 49.2 Å². The summed E-state index contributed by atoms with van der Waals surface area (Å²) in [6.45, 7) is 1.52. The molecule has 2 aliphatic rings. The molecule has 26 heavy (non-hydrogen) atoms. The first kappa shape index (κ1) is 19.2. The minimum atomic E-state index is -3.57. The molecule has 0 unspecified atom stereocenters. The Labute approximate surface area is 158 Å². The Morgan fingerprint density at radius 3 is 2.58 bits per heavy atom. The highest BCUT2D eigenvalue weighted by Gasteiger charge is 2.39. The Balaban J connectivity index is 0.00000196. The van der Waals surface area contributed by atoms with Gasteiger partial charge in [0.1, 0.15) is 0 Å². The molecule has 1 aliphatic heterocycles. The molecule has 0 radical (unpaired) electrons. The average molecular weight is 401 g/mol. The van der Waals surface area contributed by atoms with Gasteiger partial charge in [-0.15, -0.1) is 12.4 Å². The lowest BCUT2D eigenvalue weighted by molar-refractivity contribution is 0.0730. The monoisotopic (exact) mass is 400 g/mol. The quantitative estimate of drug-likeness (QED) is 0.827. The molecule has 10 heteroatoms.